The van der Waals surface area contributed by atoms with Crippen molar-refractivity contribution in [2.24, 2.45) is 5.41 Å². The number of fused-ring (bicyclic) bond motifs is 3. The fourth-order valence-electron chi connectivity index (χ4n) is 9.90. The van der Waals surface area contributed by atoms with Crippen LogP contribution in [0, 0.1) is 12.3 Å². The molecule has 10 rings (SSSR count). The molecule has 1 saturated carbocycles. The molecule has 1 aliphatic carbocycles. The second kappa shape index (κ2) is 22.9. The van der Waals surface area contributed by atoms with Crippen LogP contribution in [-0.2, 0) is 30.5 Å². The Kier molecular flexibility index (Phi) is 15.6. The van der Waals surface area contributed by atoms with E-state index in [1.807, 2.05) is 43.3 Å². The molecule has 0 spiro atoms. The second-order valence-corrected chi connectivity index (χ2v) is 21.9. The first-order valence-electron chi connectivity index (χ1n) is 26.2. The summed E-state index contributed by atoms with van der Waals surface area (Å²) in [5.74, 6) is -3.66. The van der Waals surface area contributed by atoms with Gasteiger partial charge in [-0.05, 0) is 78.8 Å². The Morgan fingerprint density at radius 3 is 2.35 bits per heavy atom. The van der Waals surface area contributed by atoms with Crippen LogP contribution in [-0.4, -0.2) is 99.0 Å². The van der Waals surface area contributed by atoms with Gasteiger partial charge in [0.05, 0.1) is 35.0 Å². The van der Waals surface area contributed by atoms with Gasteiger partial charge in [-0.25, -0.2) is 9.37 Å². The van der Waals surface area contributed by atoms with E-state index in [1.54, 1.807) is 105 Å². The maximum atomic E-state index is 15.1. The summed E-state index contributed by atoms with van der Waals surface area (Å²) in [4.78, 5) is 97.4. The number of β-amino-alcohol motifs (C(OH)–C–C–N with tert-alkyl or cyclic N) is 1. The molecule has 5 heterocycles. The smallest absolute Gasteiger partial charge is 0.294 e. The predicted molar refractivity (Wildman–Crippen MR) is 297 cm³/mol. The van der Waals surface area contributed by atoms with Gasteiger partial charge in [-0.3, -0.25) is 38.7 Å². The van der Waals surface area contributed by atoms with Crippen LogP contribution in [0.15, 0.2) is 148 Å². The summed E-state index contributed by atoms with van der Waals surface area (Å²) in [6, 6.07) is 28.3. The SMILES string of the molecule is Cc1ncsc1-c1ccc(CNC(=O)C2CC(O)CN2C(=O)C(NC(=O)C2(F)CC2)C(C)(C)C)c(OCCNC(=O)C(NC(=O)C(c2cccnc2)N(C(=O)c2ccco2)c2ccc3c(c2)oc2ccccc23)c2ccccc2)c1. The molecular weight excluding hydrogens is 1040 g/mol. The van der Waals surface area contributed by atoms with E-state index in [0.29, 0.717) is 39.3 Å². The van der Waals surface area contributed by atoms with Gasteiger partial charge in [0.15, 0.2) is 11.4 Å². The summed E-state index contributed by atoms with van der Waals surface area (Å²) >= 11 is 1.44. The lowest BCUT2D eigenvalue weighted by molar-refractivity contribution is -0.145. The monoisotopic (exact) mass is 1100 g/mol. The Balaban J connectivity index is 0.869. The Morgan fingerprint density at radius 2 is 1.64 bits per heavy atom. The number of alkyl halides is 1. The lowest BCUT2D eigenvalue weighted by Gasteiger charge is -2.35. The molecule has 1 aliphatic heterocycles. The molecule has 1 saturated heterocycles. The van der Waals surface area contributed by atoms with Crippen molar-refractivity contribution in [2.75, 3.05) is 24.6 Å². The summed E-state index contributed by atoms with van der Waals surface area (Å²) in [5, 5.41) is 23.8. The third-order valence-corrected chi connectivity index (χ3v) is 15.3. The molecular formula is C60H59FN8O10S. The van der Waals surface area contributed by atoms with Crippen LogP contribution in [0.25, 0.3) is 32.4 Å². The highest BCUT2D eigenvalue weighted by Gasteiger charge is 2.53. The minimum absolute atomic E-state index is 0.0423. The van der Waals surface area contributed by atoms with Crippen molar-refractivity contribution < 1.29 is 51.8 Å². The maximum Gasteiger partial charge on any atom is 0.294 e. The number of pyridine rings is 1. The van der Waals surface area contributed by atoms with E-state index in [4.69, 9.17) is 13.6 Å². The highest BCUT2D eigenvalue weighted by atomic mass is 32.1. The largest absolute Gasteiger partial charge is 0.491 e. The van der Waals surface area contributed by atoms with Crippen molar-refractivity contribution in [3.63, 3.8) is 0 Å². The van der Waals surface area contributed by atoms with Crippen LogP contribution >= 0.6 is 11.3 Å². The average molecular weight is 1100 g/mol. The zero-order valence-electron chi connectivity index (χ0n) is 44.3. The number of carbonyl (C=O) groups excluding carboxylic acids is 6. The number of anilines is 1. The number of furan rings is 2. The summed E-state index contributed by atoms with van der Waals surface area (Å²) < 4.78 is 33.0. The molecule has 18 nitrogen and oxygen atoms in total. The summed E-state index contributed by atoms with van der Waals surface area (Å²) in [5.41, 5.74) is 3.19. The van der Waals surface area contributed by atoms with Crippen LogP contribution in [0.4, 0.5) is 10.1 Å². The first-order chi connectivity index (χ1) is 38.5. The van der Waals surface area contributed by atoms with Crippen LogP contribution in [0.2, 0.25) is 0 Å². The normalized spacial score (nSPS) is 16.8. The predicted octanol–water partition coefficient (Wildman–Crippen LogP) is 8.06. The number of halogens is 1. The summed E-state index contributed by atoms with van der Waals surface area (Å²) in [6.45, 7) is 6.73. The number of hydrogen-bond acceptors (Lipinski definition) is 13. The van der Waals surface area contributed by atoms with Crippen LogP contribution in [0.1, 0.15) is 85.1 Å². The van der Waals surface area contributed by atoms with E-state index in [2.05, 4.69) is 31.2 Å². The molecule has 2 aliphatic rings. The van der Waals surface area contributed by atoms with Crippen molar-refractivity contribution in [2.45, 2.75) is 89.4 Å². The zero-order chi connectivity index (χ0) is 56.3. The molecule has 412 valence electrons. The van der Waals surface area contributed by atoms with Crippen LogP contribution in [0.3, 0.4) is 0 Å². The third kappa shape index (κ3) is 11.7. The van der Waals surface area contributed by atoms with Gasteiger partial charge in [0.1, 0.15) is 47.7 Å². The summed E-state index contributed by atoms with van der Waals surface area (Å²) in [6.07, 6.45) is 3.43. The molecule has 5 atom stereocenters. The number of aliphatic hydroxyl groups is 1. The number of rotatable bonds is 19. The Hall–Kier alpha value is -8.75. The standard InChI is InChI=1S/C60H59FN8O10S/c1-35-51(80-34-65-35)37-18-19-38(32-64-53(71)44-30-41(70)33-68(44)57(75)52(59(2,3)4)67-58(76)60(61)22-23-60)47(28-37)78-27-25-63-54(72)49(36-12-6-5-7-13-36)66-55(73)50(39-14-10-24-62-31-39)69(56(74)46-17-11-26-77-46)40-20-21-43-42-15-8-9-16-45(42)79-48(43)29-40/h5-21,24,26,28-29,31,34,41,44,49-50,52,70H,22-23,25,27,30,32-33H2,1-4H3,(H,63,72)(H,64,71)(H,66,73)(H,67,76). The van der Waals surface area contributed by atoms with Crippen LogP contribution in [0.5, 0.6) is 5.75 Å². The van der Waals surface area contributed by atoms with Gasteiger partial charge in [-0.2, -0.15) is 0 Å². The van der Waals surface area contributed by atoms with Crippen molar-refractivity contribution >= 4 is 74.4 Å². The number of benzene rings is 4. The minimum atomic E-state index is -2.03. The molecule has 20 heteroatoms. The summed E-state index contributed by atoms with van der Waals surface area (Å²) in [7, 11) is 0. The van der Waals surface area contributed by atoms with E-state index in [0.717, 1.165) is 26.9 Å². The average Bonchev–Trinajstić information content (AvgIpc) is 4.07. The first-order valence-corrected chi connectivity index (χ1v) is 27.1. The van der Waals surface area contributed by atoms with Gasteiger partial charge in [-0.1, -0.05) is 87.5 Å². The number of amides is 6. The minimum Gasteiger partial charge on any atom is -0.491 e. The van der Waals surface area contributed by atoms with Crippen molar-refractivity contribution in [1.29, 1.82) is 0 Å². The van der Waals surface area contributed by atoms with Gasteiger partial charge in [0.2, 0.25) is 23.6 Å². The number of para-hydroxylation sites is 1. The number of carbonyl (C=O) groups is 6. The highest BCUT2D eigenvalue weighted by Crippen LogP contribution is 2.41. The lowest BCUT2D eigenvalue weighted by Crippen LogP contribution is -2.59. The number of nitrogens with zero attached hydrogens (tertiary/aromatic N) is 4. The lowest BCUT2D eigenvalue weighted by atomic mass is 9.85. The fourth-order valence-corrected chi connectivity index (χ4v) is 10.7. The van der Waals surface area contributed by atoms with Gasteiger partial charge < -0.3 is 44.8 Å². The van der Waals surface area contributed by atoms with Gasteiger partial charge in [0, 0.05) is 65.6 Å². The molecule has 5 N–H and O–H groups in total. The zero-order valence-corrected chi connectivity index (χ0v) is 45.1. The molecule has 4 aromatic heterocycles. The van der Waals surface area contributed by atoms with Crippen molar-refractivity contribution in [3.8, 4) is 16.2 Å². The molecule has 0 radical (unpaired) electrons. The number of ether oxygens (including phenoxy) is 1. The van der Waals surface area contributed by atoms with E-state index < -0.39 is 76.8 Å². The van der Waals surface area contributed by atoms with Gasteiger partial charge in [0.25, 0.3) is 11.8 Å². The molecule has 5 unspecified atom stereocenters. The number of hydrogen-bond donors (Lipinski definition) is 5. The van der Waals surface area contributed by atoms with Crippen molar-refractivity contribution in [1.82, 2.24) is 36.1 Å². The third-order valence-electron chi connectivity index (χ3n) is 14.3. The molecule has 4 aromatic carbocycles. The van der Waals surface area contributed by atoms with E-state index in [1.165, 1.54) is 39.7 Å². The van der Waals surface area contributed by atoms with Crippen molar-refractivity contribution in [3.05, 3.63) is 168 Å². The fraction of sp³-hybridized carbons (Fsp3) is 0.300. The maximum absolute atomic E-state index is 15.1. The number of thiazole rings is 1. The number of aliphatic hydroxyl groups excluding tert-OH is 1. The second-order valence-electron chi connectivity index (χ2n) is 21.1. The highest BCUT2D eigenvalue weighted by molar-refractivity contribution is 7.13. The molecule has 80 heavy (non-hydrogen) atoms. The molecule has 8 aromatic rings. The Morgan fingerprint density at radius 1 is 0.875 bits per heavy atom. The number of likely N-dealkylation sites (tertiary alicyclic amines) is 1. The Bertz CT molecular complexity index is 3580. The van der Waals surface area contributed by atoms with Crippen LogP contribution < -0.4 is 30.9 Å². The molecule has 2 fully saturated rings. The number of aryl methyl sites for hydroxylation is 1. The number of nitrogens with one attached hydrogen (secondary N) is 4. The number of aromatic nitrogens is 2. The Labute approximate surface area is 463 Å². The first kappa shape index (κ1) is 54.6. The van der Waals surface area contributed by atoms with Gasteiger partial charge in [-0.15, -0.1) is 11.3 Å². The van der Waals surface area contributed by atoms with E-state index in [9.17, 15) is 33.5 Å². The van der Waals surface area contributed by atoms with E-state index in [-0.39, 0.29) is 51.3 Å². The van der Waals surface area contributed by atoms with Gasteiger partial charge >= 0.3 is 0 Å². The molecule has 6 amide bonds. The molecule has 0 bridgehead atoms. The van der Waals surface area contributed by atoms with E-state index >= 15 is 4.79 Å². The topological polar surface area (TPSA) is 239 Å². The quantitative estimate of drug-likeness (QED) is 0.0484.